The molecule has 0 aliphatic rings. The molecule has 2 atom stereocenters. The Morgan fingerprint density at radius 1 is 1.25 bits per heavy atom. The standard InChI is InChI=1S/C14H21NO/c1-4-8-11(2)14(16)15-12(3)13-9-6-5-7-10-13/h5-7,9-12H,4,8H2,1-3H3,(H,15,16). The van der Waals surface area contributed by atoms with Crippen LogP contribution in [0.1, 0.15) is 45.2 Å². The summed E-state index contributed by atoms with van der Waals surface area (Å²) in [6, 6.07) is 10.1. The van der Waals surface area contributed by atoms with E-state index in [2.05, 4.69) is 12.2 Å². The summed E-state index contributed by atoms with van der Waals surface area (Å²) in [6.07, 6.45) is 2.00. The number of amides is 1. The Kier molecular flexibility index (Phi) is 5.03. The molecule has 1 aromatic carbocycles. The fraction of sp³-hybridized carbons (Fsp3) is 0.500. The predicted octanol–water partition coefficient (Wildman–Crippen LogP) is 3.30. The SMILES string of the molecule is CCCC(C)C(=O)NC(C)c1ccccc1. The third kappa shape index (κ3) is 3.69. The molecule has 1 aromatic rings. The topological polar surface area (TPSA) is 29.1 Å². The molecule has 1 N–H and O–H groups in total. The summed E-state index contributed by atoms with van der Waals surface area (Å²) in [5, 5.41) is 3.04. The molecule has 2 heteroatoms. The lowest BCUT2D eigenvalue weighted by Crippen LogP contribution is -2.31. The minimum Gasteiger partial charge on any atom is -0.349 e. The van der Waals surface area contributed by atoms with E-state index in [0.717, 1.165) is 18.4 Å². The smallest absolute Gasteiger partial charge is 0.223 e. The zero-order chi connectivity index (χ0) is 12.0. The predicted molar refractivity (Wildman–Crippen MR) is 67.1 cm³/mol. The molecule has 0 aliphatic carbocycles. The summed E-state index contributed by atoms with van der Waals surface area (Å²) in [6.45, 7) is 6.10. The van der Waals surface area contributed by atoms with E-state index in [1.54, 1.807) is 0 Å². The zero-order valence-electron chi connectivity index (χ0n) is 10.4. The molecule has 0 fully saturated rings. The van der Waals surface area contributed by atoms with Crippen molar-refractivity contribution in [1.29, 1.82) is 0 Å². The highest BCUT2D eigenvalue weighted by Gasteiger charge is 2.14. The maximum Gasteiger partial charge on any atom is 0.223 e. The van der Waals surface area contributed by atoms with E-state index in [4.69, 9.17) is 0 Å². The van der Waals surface area contributed by atoms with Gasteiger partial charge >= 0.3 is 0 Å². The van der Waals surface area contributed by atoms with Crippen LogP contribution in [-0.4, -0.2) is 5.91 Å². The Morgan fingerprint density at radius 3 is 2.44 bits per heavy atom. The highest BCUT2D eigenvalue weighted by Crippen LogP contribution is 2.13. The van der Waals surface area contributed by atoms with Crippen LogP contribution in [0.2, 0.25) is 0 Å². The van der Waals surface area contributed by atoms with Gasteiger partial charge in [0.15, 0.2) is 0 Å². The Hall–Kier alpha value is -1.31. The number of carbonyl (C=O) groups excluding carboxylic acids is 1. The molecule has 0 radical (unpaired) electrons. The molecule has 0 heterocycles. The van der Waals surface area contributed by atoms with Crippen LogP contribution >= 0.6 is 0 Å². The summed E-state index contributed by atoms with van der Waals surface area (Å²) >= 11 is 0. The maximum absolute atomic E-state index is 11.8. The van der Waals surface area contributed by atoms with E-state index in [1.165, 1.54) is 0 Å². The van der Waals surface area contributed by atoms with Gasteiger partial charge in [-0.05, 0) is 18.9 Å². The summed E-state index contributed by atoms with van der Waals surface area (Å²) in [5.74, 6) is 0.259. The average Bonchev–Trinajstić information content (AvgIpc) is 2.30. The third-order valence-electron chi connectivity index (χ3n) is 2.83. The molecule has 0 saturated heterocycles. The van der Waals surface area contributed by atoms with Crippen LogP contribution in [0.4, 0.5) is 0 Å². The molecule has 0 bridgehead atoms. The van der Waals surface area contributed by atoms with E-state index in [-0.39, 0.29) is 17.9 Å². The normalized spacial score (nSPS) is 14.2. The van der Waals surface area contributed by atoms with Gasteiger partial charge in [0.05, 0.1) is 6.04 Å². The molecular weight excluding hydrogens is 198 g/mol. The first kappa shape index (κ1) is 12.8. The van der Waals surface area contributed by atoms with Crippen LogP contribution in [0.3, 0.4) is 0 Å². The largest absolute Gasteiger partial charge is 0.349 e. The number of nitrogens with one attached hydrogen (secondary N) is 1. The third-order valence-corrected chi connectivity index (χ3v) is 2.83. The molecule has 0 saturated carbocycles. The van der Waals surface area contributed by atoms with Crippen LogP contribution in [0.15, 0.2) is 30.3 Å². The molecule has 0 spiro atoms. The van der Waals surface area contributed by atoms with Crippen molar-refractivity contribution in [2.75, 3.05) is 0 Å². The highest BCUT2D eigenvalue weighted by atomic mass is 16.1. The van der Waals surface area contributed by atoms with Crippen molar-refractivity contribution in [2.45, 2.75) is 39.7 Å². The summed E-state index contributed by atoms with van der Waals surface area (Å²) in [4.78, 5) is 11.8. The highest BCUT2D eigenvalue weighted by molar-refractivity contribution is 5.78. The second kappa shape index (κ2) is 6.31. The van der Waals surface area contributed by atoms with Crippen molar-refractivity contribution < 1.29 is 4.79 Å². The molecular formula is C14H21NO. The van der Waals surface area contributed by atoms with Crippen LogP contribution < -0.4 is 5.32 Å². The number of carbonyl (C=O) groups is 1. The summed E-state index contributed by atoms with van der Waals surface area (Å²) in [5.41, 5.74) is 1.15. The van der Waals surface area contributed by atoms with Gasteiger partial charge in [-0.1, -0.05) is 50.6 Å². The van der Waals surface area contributed by atoms with Crippen LogP contribution in [0, 0.1) is 5.92 Å². The quantitative estimate of drug-likeness (QED) is 0.809. The van der Waals surface area contributed by atoms with Crippen molar-refractivity contribution >= 4 is 5.91 Å². The van der Waals surface area contributed by atoms with Crippen LogP contribution in [-0.2, 0) is 4.79 Å². The van der Waals surface area contributed by atoms with Crippen molar-refractivity contribution in [3.63, 3.8) is 0 Å². The van der Waals surface area contributed by atoms with Gasteiger partial charge in [-0.3, -0.25) is 4.79 Å². The Morgan fingerprint density at radius 2 is 1.88 bits per heavy atom. The van der Waals surface area contributed by atoms with Crippen molar-refractivity contribution in [3.8, 4) is 0 Å². The van der Waals surface area contributed by atoms with Crippen LogP contribution in [0.5, 0.6) is 0 Å². The molecule has 0 aliphatic heterocycles. The Balaban J connectivity index is 2.51. The number of hydrogen-bond acceptors (Lipinski definition) is 1. The second-order valence-corrected chi connectivity index (χ2v) is 4.33. The first-order valence-corrected chi connectivity index (χ1v) is 6.00. The minimum atomic E-state index is 0.0907. The van der Waals surface area contributed by atoms with Crippen molar-refractivity contribution in [2.24, 2.45) is 5.92 Å². The first-order chi connectivity index (χ1) is 7.65. The molecule has 1 amide bonds. The van der Waals surface area contributed by atoms with Gasteiger partial charge < -0.3 is 5.32 Å². The monoisotopic (exact) mass is 219 g/mol. The number of benzene rings is 1. The second-order valence-electron chi connectivity index (χ2n) is 4.33. The van der Waals surface area contributed by atoms with Gasteiger partial charge in [-0.15, -0.1) is 0 Å². The van der Waals surface area contributed by atoms with Gasteiger partial charge in [-0.2, -0.15) is 0 Å². The Bertz CT molecular complexity index is 321. The lowest BCUT2D eigenvalue weighted by molar-refractivity contribution is -0.125. The van der Waals surface area contributed by atoms with Gasteiger partial charge in [0, 0.05) is 5.92 Å². The van der Waals surface area contributed by atoms with E-state index in [9.17, 15) is 4.79 Å². The van der Waals surface area contributed by atoms with E-state index in [1.807, 2.05) is 44.2 Å². The fourth-order valence-electron chi connectivity index (χ4n) is 1.74. The van der Waals surface area contributed by atoms with Gasteiger partial charge in [0.2, 0.25) is 5.91 Å². The minimum absolute atomic E-state index is 0.0907. The lowest BCUT2D eigenvalue weighted by Gasteiger charge is -2.17. The Labute approximate surface area is 98.1 Å². The first-order valence-electron chi connectivity index (χ1n) is 6.00. The number of hydrogen-bond donors (Lipinski definition) is 1. The maximum atomic E-state index is 11.8. The van der Waals surface area contributed by atoms with Crippen molar-refractivity contribution in [1.82, 2.24) is 5.32 Å². The van der Waals surface area contributed by atoms with Crippen molar-refractivity contribution in [3.05, 3.63) is 35.9 Å². The van der Waals surface area contributed by atoms with E-state index < -0.39 is 0 Å². The molecule has 2 nitrogen and oxygen atoms in total. The van der Waals surface area contributed by atoms with E-state index in [0.29, 0.717) is 0 Å². The fourth-order valence-corrected chi connectivity index (χ4v) is 1.74. The average molecular weight is 219 g/mol. The van der Waals surface area contributed by atoms with E-state index >= 15 is 0 Å². The zero-order valence-corrected chi connectivity index (χ0v) is 10.4. The van der Waals surface area contributed by atoms with Crippen LogP contribution in [0.25, 0.3) is 0 Å². The summed E-state index contributed by atoms with van der Waals surface area (Å²) in [7, 11) is 0. The van der Waals surface area contributed by atoms with Gasteiger partial charge in [0.25, 0.3) is 0 Å². The summed E-state index contributed by atoms with van der Waals surface area (Å²) < 4.78 is 0. The molecule has 16 heavy (non-hydrogen) atoms. The van der Waals surface area contributed by atoms with Gasteiger partial charge in [-0.25, -0.2) is 0 Å². The molecule has 1 rings (SSSR count). The molecule has 0 aromatic heterocycles. The molecule has 88 valence electrons. The van der Waals surface area contributed by atoms with Gasteiger partial charge in [0.1, 0.15) is 0 Å². The lowest BCUT2D eigenvalue weighted by atomic mass is 10.0. The molecule has 2 unspecified atom stereocenters. The number of rotatable bonds is 5.